The van der Waals surface area contributed by atoms with Gasteiger partial charge in [-0.1, -0.05) is 34.1 Å². The third-order valence-corrected chi connectivity index (χ3v) is 4.38. The Morgan fingerprint density at radius 2 is 1.95 bits per heavy atom. The summed E-state index contributed by atoms with van der Waals surface area (Å²) in [6.07, 6.45) is 0.817. The molecule has 0 spiro atoms. The molecule has 1 aliphatic rings. The SMILES string of the molecule is Oc1ccc(Br)c2c1-c1nc3ccccc3cc1C2. The second-order valence-corrected chi connectivity index (χ2v) is 5.64. The Labute approximate surface area is 118 Å². The van der Waals surface area contributed by atoms with Gasteiger partial charge in [-0.3, -0.25) is 0 Å². The van der Waals surface area contributed by atoms with E-state index in [0.717, 1.165) is 38.6 Å². The molecule has 2 aromatic carbocycles. The molecule has 0 bridgehead atoms. The van der Waals surface area contributed by atoms with E-state index in [2.05, 4.69) is 28.1 Å². The maximum atomic E-state index is 10.1. The van der Waals surface area contributed by atoms with Crippen molar-refractivity contribution in [2.45, 2.75) is 6.42 Å². The van der Waals surface area contributed by atoms with Gasteiger partial charge in [-0.25, -0.2) is 4.98 Å². The maximum absolute atomic E-state index is 10.1. The standard InChI is InChI=1S/C16H10BrNO/c17-12-5-6-14(19)15-11(12)8-10-7-9-3-1-2-4-13(9)18-16(10)15/h1-7,19H,8H2. The van der Waals surface area contributed by atoms with Crippen molar-refractivity contribution in [3.8, 4) is 17.0 Å². The zero-order valence-electron chi connectivity index (χ0n) is 10.0. The number of pyridine rings is 1. The summed E-state index contributed by atoms with van der Waals surface area (Å²) in [6.45, 7) is 0. The highest BCUT2D eigenvalue weighted by Crippen LogP contribution is 2.44. The number of nitrogens with zero attached hydrogens (tertiary/aromatic N) is 1. The number of hydrogen-bond donors (Lipinski definition) is 1. The van der Waals surface area contributed by atoms with Crippen LogP contribution in [0.1, 0.15) is 11.1 Å². The predicted octanol–water partition coefficient (Wildman–Crippen LogP) is 4.27. The average molecular weight is 312 g/mol. The van der Waals surface area contributed by atoms with E-state index >= 15 is 0 Å². The van der Waals surface area contributed by atoms with Crippen LogP contribution in [0.5, 0.6) is 5.75 Å². The van der Waals surface area contributed by atoms with Crippen LogP contribution in [0.25, 0.3) is 22.2 Å². The lowest BCUT2D eigenvalue weighted by molar-refractivity contribution is 0.477. The first kappa shape index (κ1) is 11.0. The molecular formula is C16H10BrNO. The highest BCUT2D eigenvalue weighted by atomic mass is 79.9. The van der Waals surface area contributed by atoms with Crippen molar-refractivity contribution in [3.05, 3.63) is 58.1 Å². The first-order chi connectivity index (χ1) is 9.24. The van der Waals surface area contributed by atoms with Crippen LogP contribution in [-0.2, 0) is 6.42 Å². The molecule has 0 atom stereocenters. The molecule has 19 heavy (non-hydrogen) atoms. The van der Waals surface area contributed by atoms with Crippen LogP contribution in [0.3, 0.4) is 0 Å². The lowest BCUT2D eigenvalue weighted by Crippen LogP contribution is -1.86. The van der Waals surface area contributed by atoms with E-state index in [1.165, 1.54) is 5.56 Å². The second-order valence-electron chi connectivity index (χ2n) is 4.79. The normalized spacial score (nSPS) is 12.5. The second kappa shape index (κ2) is 3.81. The van der Waals surface area contributed by atoms with E-state index in [1.807, 2.05) is 24.3 Å². The largest absolute Gasteiger partial charge is 0.507 e. The van der Waals surface area contributed by atoms with Gasteiger partial charge in [0.2, 0.25) is 0 Å². The minimum absolute atomic E-state index is 0.305. The lowest BCUT2D eigenvalue weighted by atomic mass is 10.1. The minimum Gasteiger partial charge on any atom is -0.507 e. The summed E-state index contributed by atoms with van der Waals surface area (Å²) in [4.78, 5) is 4.72. The number of hydrogen-bond acceptors (Lipinski definition) is 2. The topological polar surface area (TPSA) is 33.1 Å². The van der Waals surface area contributed by atoms with Crippen molar-refractivity contribution in [2.75, 3.05) is 0 Å². The van der Waals surface area contributed by atoms with E-state index < -0.39 is 0 Å². The molecule has 2 nitrogen and oxygen atoms in total. The van der Waals surface area contributed by atoms with Gasteiger partial charge in [-0.05, 0) is 35.4 Å². The molecule has 0 aliphatic heterocycles. The fraction of sp³-hybridized carbons (Fsp3) is 0.0625. The third kappa shape index (κ3) is 1.51. The van der Waals surface area contributed by atoms with Crippen LogP contribution in [0.15, 0.2) is 46.9 Å². The number of aromatic hydroxyl groups is 1. The quantitative estimate of drug-likeness (QED) is 0.526. The molecule has 92 valence electrons. The Morgan fingerprint density at radius 3 is 2.84 bits per heavy atom. The number of aromatic nitrogens is 1. The van der Waals surface area contributed by atoms with Crippen LogP contribution >= 0.6 is 15.9 Å². The van der Waals surface area contributed by atoms with E-state index in [9.17, 15) is 5.11 Å². The first-order valence-corrected chi connectivity index (χ1v) is 6.93. The summed E-state index contributed by atoms with van der Waals surface area (Å²) in [5.74, 6) is 0.305. The average Bonchev–Trinajstić information content (AvgIpc) is 2.80. The molecule has 1 aliphatic carbocycles. The molecule has 0 amide bonds. The molecular weight excluding hydrogens is 302 g/mol. The number of benzene rings is 2. The Balaban J connectivity index is 2.09. The van der Waals surface area contributed by atoms with E-state index in [0.29, 0.717) is 5.75 Å². The van der Waals surface area contributed by atoms with Crippen molar-refractivity contribution in [3.63, 3.8) is 0 Å². The van der Waals surface area contributed by atoms with Crippen molar-refractivity contribution < 1.29 is 5.11 Å². The van der Waals surface area contributed by atoms with Crippen molar-refractivity contribution >= 4 is 26.8 Å². The van der Waals surface area contributed by atoms with E-state index in [4.69, 9.17) is 4.98 Å². The van der Waals surface area contributed by atoms with Gasteiger partial charge in [0.05, 0.1) is 11.2 Å². The number of halogens is 1. The summed E-state index contributed by atoms with van der Waals surface area (Å²) >= 11 is 3.56. The Morgan fingerprint density at radius 1 is 1.11 bits per heavy atom. The molecule has 4 rings (SSSR count). The van der Waals surface area contributed by atoms with Crippen LogP contribution < -0.4 is 0 Å². The molecule has 1 N–H and O–H groups in total. The van der Waals surface area contributed by atoms with Crippen LogP contribution in [0.2, 0.25) is 0 Å². The van der Waals surface area contributed by atoms with Gasteiger partial charge >= 0.3 is 0 Å². The third-order valence-electron chi connectivity index (χ3n) is 3.64. The summed E-state index contributed by atoms with van der Waals surface area (Å²) in [5.41, 5.74) is 5.05. The van der Waals surface area contributed by atoms with Crippen LogP contribution in [0, 0.1) is 0 Å². The number of rotatable bonds is 0. The van der Waals surface area contributed by atoms with Crippen molar-refractivity contribution in [1.82, 2.24) is 4.98 Å². The number of phenolic OH excluding ortho intramolecular Hbond substituents is 1. The summed E-state index contributed by atoms with van der Waals surface area (Å²) < 4.78 is 1.03. The molecule has 0 radical (unpaired) electrons. The van der Waals surface area contributed by atoms with E-state index in [-0.39, 0.29) is 0 Å². The fourth-order valence-electron chi connectivity index (χ4n) is 2.75. The molecule has 1 heterocycles. The van der Waals surface area contributed by atoms with Gasteiger partial charge in [0, 0.05) is 21.8 Å². The Kier molecular flexibility index (Phi) is 2.21. The molecule has 0 unspecified atom stereocenters. The summed E-state index contributed by atoms with van der Waals surface area (Å²) in [6, 6.07) is 13.9. The summed E-state index contributed by atoms with van der Waals surface area (Å²) in [5, 5.41) is 11.3. The van der Waals surface area contributed by atoms with Gasteiger partial charge in [-0.15, -0.1) is 0 Å². The molecule has 1 aromatic heterocycles. The molecule has 3 aromatic rings. The Bertz CT molecular complexity index is 826. The minimum atomic E-state index is 0.305. The Hall–Kier alpha value is -1.87. The van der Waals surface area contributed by atoms with Gasteiger partial charge in [0.1, 0.15) is 5.75 Å². The summed E-state index contributed by atoms with van der Waals surface area (Å²) in [7, 11) is 0. The van der Waals surface area contributed by atoms with Gasteiger partial charge in [0.25, 0.3) is 0 Å². The van der Waals surface area contributed by atoms with Gasteiger partial charge < -0.3 is 5.11 Å². The van der Waals surface area contributed by atoms with Gasteiger partial charge in [-0.2, -0.15) is 0 Å². The van der Waals surface area contributed by atoms with Crippen LogP contribution in [-0.4, -0.2) is 10.1 Å². The highest BCUT2D eigenvalue weighted by molar-refractivity contribution is 9.10. The first-order valence-electron chi connectivity index (χ1n) is 6.13. The van der Waals surface area contributed by atoms with Crippen LogP contribution in [0.4, 0.5) is 0 Å². The predicted molar refractivity (Wildman–Crippen MR) is 79.3 cm³/mol. The monoisotopic (exact) mass is 311 g/mol. The van der Waals surface area contributed by atoms with E-state index in [1.54, 1.807) is 6.07 Å². The van der Waals surface area contributed by atoms with Gasteiger partial charge in [0.15, 0.2) is 0 Å². The number of fused-ring (bicyclic) bond motifs is 4. The zero-order chi connectivity index (χ0) is 13.0. The molecule has 3 heteroatoms. The van der Waals surface area contributed by atoms with Crippen molar-refractivity contribution in [1.29, 1.82) is 0 Å². The number of para-hydroxylation sites is 1. The lowest BCUT2D eigenvalue weighted by Gasteiger charge is -2.05. The molecule has 0 saturated heterocycles. The molecule has 0 fully saturated rings. The highest BCUT2D eigenvalue weighted by Gasteiger charge is 2.25. The maximum Gasteiger partial charge on any atom is 0.125 e. The smallest absolute Gasteiger partial charge is 0.125 e. The molecule has 0 saturated carbocycles. The van der Waals surface area contributed by atoms with Crippen molar-refractivity contribution in [2.24, 2.45) is 0 Å². The number of phenols is 1. The zero-order valence-corrected chi connectivity index (χ0v) is 11.6. The fourth-order valence-corrected chi connectivity index (χ4v) is 3.22.